The van der Waals surface area contributed by atoms with Gasteiger partial charge in [-0.3, -0.25) is 0 Å². The molecule has 1 fully saturated rings. The standard InChI is InChI=1S/C17H15ClO4/c1-17(12-5-3-2-4-6-12)21-14(15(22-17)16(19)20)11-7-9-13(18)10-8-11/h2-10,14-15H,1H3,(H,19,20)/t14-,15+,17?/m0/s1. The molecule has 0 radical (unpaired) electrons. The summed E-state index contributed by atoms with van der Waals surface area (Å²) in [6.07, 6.45) is -1.77. The lowest BCUT2D eigenvalue weighted by molar-refractivity contribution is -0.179. The summed E-state index contributed by atoms with van der Waals surface area (Å²) in [7, 11) is 0. The predicted octanol–water partition coefficient (Wildman–Crippen LogP) is 3.75. The Morgan fingerprint density at radius 2 is 1.73 bits per heavy atom. The molecule has 0 saturated carbocycles. The lowest BCUT2D eigenvalue weighted by atomic mass is 10.0. The zero-order valence-corrected chi connectivity index (χ0v) is 12.7. The van der Waals surface area contributed by atoms with Crippen molar-refractivity contribution in [2.45, 2.75) is 24.9 Å². The van der Waals surface area contributed by atoms with E-state index < -0.39 is 24.0 Å². The van der Waals surface area contributed by atoms with Crippen LogP contribution in [0.1, 0.15) is 24.2 Å². The Morgan fingerprint density at radius 1 is 1.09 bits per heavy atom. The first-order chi connectivity index (χ1) is 10.5. The maximum absolute atomic E-state index is 11.5. The van der Waals surface area contributed by atoms with Gasteiger partial charge in [-0.05, 0) is 24.6 Å². The second kappa shape index (κ2) is 5.72. The van der Waals surface area contributed by atoms with Crippen LogP contribution in [-0.2, 0) is 20.1 Å². The number of hydrogen-bond donors (Lipinski definition) is 1. The number of hydrogen-bond acceptors (Lipinski definition) is 3. The van der Waals surface area contributed by atoms with Gasteiger partial charge in [0.25, 0.3) is 0 Å². The summed E-state index contributed by atoms with van der Waals surface area (Å²) >= 11 is 5.88. The molecule has 1 saturated heterocycles. The minimum atomic E-state index is -1.10. The largest absolute Gasteiger partial charge is 0.479 e. The molecule has 1 unspecified atom stereocenters. The first-order valence-electron chi connectivity index (χ1n) is 6.89. The van der Waals surface area contributed by atoms with Crippen LogP contribution in [0.5, 0.6) is 0 Å². The van der Waals surface area contributed by atoms with Gasteiger partial charge in [0, 0.05) is 10.6 Å². The summed E-state index contributed by atoms with van der Waals surface area (Å²) < 4.78 is 11.7. The molecule has 114 valence electrons. The fourth-order valence-corrected chi connectivity index (χ4v) is 2.71. The third-order valence-corrected chi connectivity index (χ3v) is 3.97. The van der Waals surface area contributed by atoms with Crippen LogP contribution in [0.2, 0.25) is 5.02 Å². The number of benzene rings is 2. The van der Waals surface area contributed by atoms with E-state index in [4.69, 9.17) is 21.1 Å². The first-order valence-corrected chi connectivity index (χ1v) is 7.27. The lowest BCUT2D eigenvalue weighted by Gasteiger charge is -2.23. The minimum absolute atomic E-state index is 0.584. The normalized spacial score (nSPS) is 27.7. The van der Waals surface area contributed by atoms with Crippen LogP contribution in [0.25, 0.3) is 0 Å². The summed E-state index contributed by atoms with van der Waals surface area (Å²) in [5.74, 6) is -2.16. The summed E-state index contributed by atoms with van der Waals surface area (Å²) in [4.78, 5) is 11.5. The number of carboxylic acids is 1. The van der Waals surface area contributed by atoms with Crippen LogP contribution >= 0.6 is 11.6 Å². The van der Waals surface area contributed by atoms with Gasteiger partial charge in [-0.2, -0.15) is 0 Å². The van der Waals surface area contributed by atoms with E-state index in [1.165, 1.54) is 0 Å². The van der Waals surface area contributed by atoms with E-state index in [-0.39, 0.29) is 0 Å². The molecular formula is C17H15ClO4. The monoisotopic (exact) mass is 318 g/mol. The van der Waals surface area contributed by atoms with E-state index >= 15 is 0 Å². The molecule has 0 aromatic heterocycles. The van der Waals surface area contributed by atoms with Gasteiger partial charge in [-0.1, -0.05) is 54.1 Å². The van der Waals surface area contributed by atoms with Gasteiger partial charge in [0.15, 0.2) is 11.9 Å². The van der Waals surface area contributed by atoms with E-state index in [1.54, 1.807) is 31.2 Å². The van der Waals surface area contributed by atoms with Crippen LogP contribution in [0.3, 0.4) is 0 Å². The van der Waals surface area contributed by atoms with Gasteiger partial charge < -0.3 is 14.6 Å². The van der Waals surface area contributed by atoms with Crippen molar-refractivity contribution in [2.24, 2.45) is 0 Å². The number of aliphatic carboxylic acids is 1. The molecule has 2 aromatic rings. The molecule has 1 heterocycles. The molecule has 1 aliphatic heterocycles. The highest BCUT2D eigenvalue weighted by Crippen LogP contribution is 2.44. The molecule has 2 aromatic carbocycles. The first kappa shape index (κ1) is 15.0. The maximum atomic E-state index is 11.5. The van der Waals surface area contributed by atoms with Crippen molar-refractivity contribution >= 4 is 17.6 Å². The third kappa shape index (κ3) is 2.73. The lowest BCUT2D eigenvalue weighted by Crippen LogP contribution is -2.28. The van der Waals surface area contributed by atoms with Crippen molar-refractivity contribution < 1.29 is 19.4 Å². The number of rotatable bonds is 3. The minimum Gasteiger partial charge on any atom is -0.479 e. The molecule has 5 heteroatoms. The van der Waals surface area contributed by atoms with Crippen molar-refractivity contribution in [1.82, 2.24) is 0 Å². The second-order valence-corrected chi connectivity index (χ2v) is 5.71. The summed E-state index contributed by atoms with van der Waals surface area (Å²) in [6, 6.07) is 16.2. The summed E-state index contributed by atoms with van der Waals surface area (Å²) in [5, 5.41) is 10.0. The van der Waals surface area contributed by atoms with Gasteiger partial charge in [0.2, 0.25) is 0 Å². The van der Waals surface area contributed by atoms with Gasteiger partial charge >= 0.3 is 5.97 Å². The van der Waals surface area contributed by atoms with Crippen molar-refractivity contribution in [3.05, 3.63) is 70.7 Å². The van der Waals surface area contributed by atoms with Crippen LogP contribution < -0.4 is 0 Å². The van der Waals surface area contributed by atoms with Gasteiger partial charge in [-0.15, -0.1) is 0 Å². The Morgan fingerprint density at radius 3 is 2.32 bits per heavy atom. The topological polar surface area (TPSA) is 55.8 Å². The van der Waals surface area contributed by atoms with Crippen LogP contribution in [0.4, 0.5) is 0 Å². The summed E-state index contributed by atoms with van der Waals surface area (Å²) in [6.45, 7) is 1.73. The Hall–Kier alpha value is -1.88. The average molecular weight is 319 g/mol. The highest BCUT2D eigenvalue weighted by Gasteiger charge is 2.49. The average Bonchev–Trinajstić information content (AvgIpc) is 2.89. The van der Waals surface area contributed by atoms with Crippen LogP contribution in [0, 0.1) is 0 Å². The Labute approximate surface area is 133 Å². The Bertz CT molecular complexity index is 671. The number of ether oxygens (including phenoxy) is 2. The molecule has 4 nitrogen and oxygen atoms in total. The van der Waals surface area contributed by atoms with Gasteiger partial charge in [-0.25, -0.2) is 4.79 Å². The maximum Gasteiger partial charge on any atom is 0.336 e. The van der Waals surface area contributed by atoms with E-state index in [1.807, 2.05) is 30.3 Å². The Kier molecular flexibility index (Phi) is 3.91. The number of carboxylic acid groups (broad SMARTS) is 1. The molecule has 0 spiro atoms. The fourth-order valence-electron chi connectivity index (χ4n) is 2.59. The van der Waals surface area contributed by atoms with Gasteiger partial charge in [0.1, 0.15) is 6.10 Å². The van der Waals surface area contributed by atoms with Crippen molar-refractivity contribution in [3.63, 3.8) is 0 Å². The molecule has 0 aliphatic carbocycles. The van der Waals surface area contributed by atoms with E-state index in [0.717, 1.165) is 11.1 Å². The quantitative estimate of drug-likeness (QED) is 0.936. The van der Waals surface area contributed by atoms with Gasteiger partial charge in [0.05, 0.1) is 0 Å². The zero-order valence-electron chi connectivity index (χ0n) is 11.9. The highest BCUT2D eigenvalue weighted by molar-refractivity contribution is 6.30. The zero-order chi connectivity index (χ0) is 15.7. The molecule has 22 heavy (non-hydrogen) atoms. The van der Waals surface area contributed by atoms with E-state index in [9.17, 15) is 9.90 Å². The molecule has 0 bridgehead atoms. The summed E-state index contributed by atoms with van der Waals surface area (Å²) in [5.41, 5.74) is 1.49. The predicted molar refractivity (Wildman–Crippen MR) is 81.6 cm³/mol. The number of halogens is 1. The second-order valence-electron chi connectivity index (χ2n) is 5.28. The van der Waals surface area contributed by atoms with Crippen molar-refractivity contribution in [2.75, 3.05) is 0 Å². The van der Waals surface area contributed by atoms with Crippen LogP contribution in [0.15, 0.2) is 54.6 Å². The van der Waals surface area contributed by atoms with Crippen molar-refractivity contribution in [1.29, 1.82) is 0 Å². The van der Waals surface area contributed by atoms with E-state index in [0.29, 0.717) is 5.02 Å². The SMILES string of the molecule is CC1(c2ccccc2)O[C@@H](C(=O)O)[C@H](c2ccc(Cl)cc2)O1. The van der Waals surface area contributed by atoms with Crippen molar-refractivity contribution in [3.8, 4) is 0 Å². The molecular weight excluding hydrogens is 304 g/mol. The fraction of sp³-hybridized carbons (Fsp3) is 0.235. The van der Waals surface area contributed by atoms with Crippen LogP contribution in [-0.4, -0.2) is 17.2 Å². The third-order valence-electron chi connectivity index (χ3n) is 3.72. The molecule has 3 rings (SSSR count). The van der Waals surface area contributed by atoms with E-state index in [2.05, 4.69) is 0 Å². The Balaban J connectivity index is 1.96. The highest BCUT2D eigenvalue weighted by atomic mass is 35.5. The number of carbonyl (C=O) groups is 1. The molecule has 1 N–H and O–H groups in total. The smallest absolute Gasteiger partial charge is 0.336 e. The molecule has 1 aliphatic rings. The molecule has 0 amide bonds. The molecule has 3 atom stereocenters.